The first-order valence-electron chi connectivity index (χ1n) is 9.45. The number of amides is 1. The fourth-order valence-corrected chi connectivity index (χ4v) is 3.40. The standard InChI is InChI=1S/C21H22N6O/c28-21(24-13-16-7-10-22-11-8-16)18-4-2-12-27(15-18)20-6-5-19(25-26-20)17-3-1-9-23-14-17/h1,3,5-11,14,18H,2,4,12-13,15H2,(H,24,28). The normalized spacial score (nSPS) is 16.6. The molecule has 0 aliphatic carbocycles. The minimum Gasteiger partial charge on any atom is -0.354 e. The van der Waals surface area contributed by atoms with E-state index >= 15 is 0 Å². The minimum absolute atomic E-state index is 0.0459. The van der Waals surface area contributed by atoms with Crippen molar-refractivity contribution in [3.8, 4) is 11.3 Å². The van der Waals surface area contributed by atoms with Crippen molar-refractivity contribution in [3.05, 3.63) is 66.7 Å². The summed E-state index contributed by atoms with van der Waals surface area (Å²) in [6.07, 6.45) is 8.82. The van der Waals surface area contributed by atoms with Crippen LogP contribution in [-0.2, 0) is 11.3 Å². The molecule has 142 valence electrons. The van der Waals surface area contributed by atoms with Crippen molar-refractivity contribution in [1.29, 1.82) is 0 Å². The van der Waals surface area contributed by atoms with Gasteiger partial charge < -0.3 is 10.2 Å². The molecule has 1 aliphatic heterocycles. The molecule has 7 nitrogen and oxygen atoms in total. The van der Waals surface area contributed by atoms with Crippen LogP contribution in [0.25, 0.3) is 11.3 Å². The molecule has 0 spiro atoms. The van der Waals surface area contributed by atoms with Crippen LogP contribution in [0.5, 0.6) is 0 Å². The fraction of sp³-hybridized carbons (Fsp3) is 0.286. The lowest BCUT2D eigenvalue weighted by molar-refractivity contribution is -0.125. The Morgan fingerprint density at radius 3 is 2.71 bits per heavy atom. The summed E-state index contributed by atoms with van der Waals surface area (Å²) >= 11 is 0. The lowest BCUT2D eigenvalue weighted by Gasteiger charge is -2.32. The van der Waals surface area contributed by atoms with Gasteiger partial charge in [0.2, 0.25) is 5.91 Å². The monoisotopic (exact) mass is 374 g/mol. The summed E-state index contributed by atoms with van der Waals surface area (Å²) in [5.41, 5.74) is 2.78. The number of piperidine rings is 1. The van der Waals surface area contributed by atoms with Crippen molar-refractivity contribution in [1.82, 2.24) is 25.5 Å². The SMILES string of the molecule is O=C(NCc1ccncc1)C1CCCN(c2ccc(-c3cccnc3)nn2)C1. The first-order chi connectivity index (χ1) is 13.8. The van der Waals surface area contributed by atoms with E-state index in [1.54, 1.807) is 24.8 Å². The molecule has 3 aromatic rings. The molecule has 28 heavy (non-hydrogen) atoms. The highest BCUT2D eigenvalue weighted by Gasteiger charge is 2.26. The average Bonchev–Trinajstić information content (AvgIpc) is 2.79. The second-order valence-corrected chi connectivity index (χ2v) is 6.88. The van der Waals surface area contributed by atoms with Crippen LogP contribution in [0.2, 0.25) is 0 Å². The zero-order chi connectivity index (χ0) is 19.2. The van der Waals surface area contributed by atoms with Gasteiger partial charge in [0.15, 0.2) is 5.82 Å². The van der Waals surface area contributed by atoms with Gasteiger partial charge in [-0.15, -0.1) is 10.2 Å². The molecule has 1 fully saturated rings. The van der Waals surface area contributed by atoms with Crippen LogP contribution in [0.3, 0.4) is 0 Å². The van der Waals surface area contributed by atoms with Gasteiger partial charge in [-0.3, -0.25) is 14.8 Å². The maximum absolute atomic E-state index is 12.6. The third-order valence-electron chi connectivity index (χ3n) is 4.94. The number of aromatic nitrogens is 4. The number of pyridine rings is 2. The van der Waals surface area contributed by atoms with E-state index in [2.05, 4.69) is 30.4 Å². The van der Waals surface area contributed by atoms with E-state index < -0.39 is 0 Å². The van der Waals surface area contributed by atoms with Crippen molar-refractivity contribution in [2.45, 2.75) is 19.4 Å². The van der Waals surface area contributed by atoms with Gasteiger partial charge in [0.05, 0.1) is 11.6 Å². The Hall–Kier alpha value is -3.35. The third-order valence-corrected chi connectivity index (χ3v) is 4.94. The number of carbonyl (C=O) groups excluding carboxylic acids is 1. The number of carbonyl (C=O) groups is 1. The van der Waals surface area contributed by atoms with E-state index in [1.165, 1.54) is 0 Å². The van der Waals surface area contributed by atoms with Gasteiger partial charge in [-0.2, -0.15) is 0 Å². The first-order valence-corrected chi connectivity index (χ1v) is 9.45. The van der Waals surface area contributed by atoms with E-state index in [1.807, 2.05) is 36.4 Å². The second-order valence-electron chi connectivity index (χ2n) is 6.88. The van der Waals surface area contributed by atoms with Crippen molar-refractivity contribution >= 4 is 11.7 Å². The molecule has 0 bridgehead atoms. The Kier molecular flexibility index (Phi) is 5.51. The van der Waals surface area contributed by atoms with Crippen molar-refractivity contribution in [2.75, 3.05) is 18.0 Å². The van der Waals surface area contributed by atoms with Gasteiger partial charge in [0.1, 0.15) is 0 Å². The smallest absolute Gasteiger partial charge is 0.225 e. The highest BCUT2D eigenvalue weighted by atomic mass is 16.1. The molecule has 4 rings (SSSR count). The predicted octanol–water partition coefficient (Wildman–Crippen LogP) is 2.47. The summed E-state index contributed by atoms with van der Waals surface area (Å²) in [5.74, 6) is 0.844. The van der Waals surface area contributed by atoms with Gasteiger partial charge in [0.25, 0.3) is 0 Å². The van der Waals surface area contributed by atoms with Crippen LogP contribution in [0.4, 0.5) is 5.82 Å². The highest BCUT2D eigenvalue weighted by molar-refractivity contribution is 5.79. The first kappa shape index (κ1) is 18.0. The van der Waals surface area contributed by atoms with Crippen LogP contribution in [0.1, 0.15) is 18.4 Å². The molecule has 1 amide bonds. The van der Waals surface area contributed by atoms with E-state index in [9.17, 15) is 4.79 Å². The number of anilines is 1. The third kappa shape index (κ3) is 4.31. The molecule has 0 saturated carbocycles. The van der Waals surface area contributed by atoms with Crippen LogP contribution >= 0.6 is 0 Å². The minimum atomic E-state index is -0.0459. The summed E-state index contributed by atoms with van der Waals surface area (Å²) < 4.78 is 0. The van der Waals surface area contributed by atoms with Crippen LogP contribution in [0, 0.1) is 5.92 Å². The predicted molar refractivity (Wildman–Crippen MR) is 106 cm³/mol. The Balaban J connectivity index is 1.37. The van der Waals surface area contributed by atoms with Gasteiger partial charge in [0, 0.05) is 50.0 Å². The maximum atomic E-state index is 12.6. The summed E-state index contributed by atoms with van der Waals surface area (Å²) in [6, 6.07) is 11.6. The molecule has 7 heteroatoms. The lowest BCUT2D eigenvalue weighted by atomic mass is 9.97. The molecule has 1 atom stereocenters. The van der Waals surface area contributed by atoms with Crippen LogP contribution in [0.15, 0.2) is 61.2 Å². The number of hydrogen-bond acceptors (Lipinski definition) is 6. The molecule has 0 radical (unpaired) electrons. The quantitative estimate of drug-likeness (QED) is 0.739. The number of nitrogens with zero attached hydrogens (tertiary/aromatic N) is 5. The fourth-order valence-electron chi connectivity index (χ4n) is 3.40. The van der Waals surface area contributed by atoms with E-state index in [4.69, 9.17) is 0 Å². The summed E-state index contributed by atoms with van der Waals surface area (Å²) in [5, 5.41) is 11.7. The molecule has 1 saturated heterocycles. The Morgan fingerprint density at radius 1 is 1.07 bits per heavy atom. The van der Waals surface area contributed by atoms with Crippen LogP contribution < -0.4 is 10.2 Å². The molecular weight excluding hydrogens is 352 g/mol. The van der Waals surface area contributed by atoms with Crippen LogP contribution in [-0.4, -0.2) is 39.2 Å². The number of hydrogen-bond donors (Lipinski definition) is 1. The Labute approximate surface area is 163 Å². The lowest BCUT2D eigenvalue weighted by Crippen LogP contribution is -2.43. The zero-order valence-electron chi connectivity index (χ0n) is 15.5. The van der Waals surface area contributed by atoms with Gasteiger partial charge in [-0.25, -0.2) is 0 Å². The topological polar surface area (TPSA) is 83.9 Å². The molecule has 3 aromatic heterocycles. The van der Waals surface area contributed by atoms with Gasteiger partial charge in [-0.1, -0.05) is 0 Å². The van der Waals surface area contributed by atoms with E-state index in [-0.39, 0.29) is 11.8 Å². The highest BCUT2D eigenvalue weighted by Crippen LogP contribution is 2.23. The summed E-state index contributed by atoms with van der Waals surface area (Å²) in [6.45, 7) is 2.07. The maximum Gasteiger partial charge on any atom is 0.225 e. The Bertz CT molecular complexity index is 901. The molecule has 1 unspecified atom stereocenters. The van der Waals surface area contributed by atoms with Crippen molar-refractivity contribution in [2.24, 2.45) is 5.92 Å². The average molecular weight is 374 g/mol. The van der Waals surface area contributed by atoms with E-state index in [0.29, 0.717) is 13.1 Å². The number of rotatable bonds is 5. The number of nitrogens with one attached hydrogen (secondary N) is 1. The second kappa shape index (κ2) is 8.56. The van der Waals surface area contributed by atoms with Crippen molar-refractivity contribution in [3.63, 3.8) is 0 Å². The van der Waals surface area contributed by atoms with E-state index in [0.717, 1.165) is 42.0 Å². The largest absolute Gasteiger partial charge is 0.354 e. The van der Waals surface area contributed by atoms with Gasteiger partial charge >= 0.3 is 0 Å². The molecule has 1 N–H and O–H groups in total. The van der Waals surface area contributed by atoms with Crippen molar-refractivity contribution < 1.29 is 4.79 Å². The molecule has 0 aromatic carbocycles. The molecule has 1 aliphatic rings. The molecule has 4 heterocycles. The zero-order valence-corrected chi connectivity index (χ0v) is 15.5. The summed E-state index contributed by atoms with van der Waals surface area (Å²) in [4.78, 5) is 22.8. The summed E-state index contributed by atoms with van der Waals surface area (Å²) in [7, 11) is 0. The van der Waals surface area contributed by atoms with Gasteiger partial charge in [-0.05, 0) is 54.8 Å². The Morgan fingerprint density at radius 2 is 1.96 bits per heavy atom. The molecular formula is C21H22N6O.